The molecule has 0 fully saturated rings. The van der Waals surface area contributed by atoms with Crippen molar-refractivity contribution in [2.45, 2.75) is 25.9 Å². The molecule has 1 aliphatic rings. The minimum Gasteiger partial charge on any atom is -0.493 e. The Hall–Kier alpha value is -3.02. The molecule has 1 N–H and O–H groups in total. The first-order valence-electron chi connectivity index (χ1n) is 11.1. The summed E-state index contributed by atoms with van der Waals surface area (Å²) in [5.74, 6) is 1.28. The fourth-order valence-electron chi connectivity index (χ4n) is 4.36. The van der Waals surface area contributed by atoms with E-state index in [-0.39, 0.29) is 11.9 Å². The Balaban J connectivity index is 1.62. The van der Waals surface area contributed by atoms with Gasteiger partial charge in [0.2, 0.25) is 0 Å². The van der Waals surface area contributed by atoms with Gasteiger partial charge >= 0.3 is 0 Å². The molecule has 0 aliphatic carbocycles. The number of nitrogens with zero attached hydrogens (tertiary/aromatic N) is 1. The lowest BCUT2D eigenvalue weighted by Crippen LogP contribution is -2.41. The monoisotopic (exact) mass is 464 g/mol. The van der Waals surface area contributed by atoms with Crippen LogP contribution in [0.15, 0.2) is 60.7 Å². The highest BCUT2D eigenvalue weighted by Gasteiger charge is 2.29. The van der Waals surface area contributed by atoms with Crippen LogP contribution in [0.25, 0.3) is 0 Å². The van der Waals surface area contributed by atoms with E-state index in [1.165, 1.54) is 16.7 Å². The van der Waals surface area contributed by atoms with Crippen molar-refractivity contribution in [3.63, 3.8) is 0 Å². The first-order chi connectivity index (χ1) is 16.0. The van der Waals surface area contributed by atoms with Gasteiger partial charge in [0, 0.05) is 30.2 Å². The predicted octanol–water partition coefficient (Wildman–Crippen LogP) is 5.20. The maximum Gasteiger partial charge on any atom is 0.251 e. The van der Waals surface area contributed by atoms with Gasteiger partial charge in [0.15, 0.2) is 11.5 Å². The van der Waals surface area contributed by atoms with Crippen LogP contribution in [0.1, 0.15) is 38.7 Å². The largest absolute Gasteiger partial charge is 0.493 e. The fourth-order valence-corrected chi connectivity index (χ4v) is 4.55. The Bertz CT molecular complexity index is 1130. The normalized spacial score (nSPS) is 15.6. The number of carbonyl (C=O) groups is 1. The summed E-state index contributed by atoms with van der Waals surface area (Å²) in [5, 5.41) is 3.66. The SMILES string of the molecule is COc1cc2c(cc1OC)[C@@H](CNC(=O)c1cccc(Cl)c1)N(Cc1ccc(C)cc1)CC2. The first-order valence-corrected chi connectivity index (χ1v) is 11.4. The van der Waals surface area contributed by atoms with Gasteiger partial charge in [-0.1, -0.05) is 47.5 Å². The van der Waals surface area contributed by atoms with E-state index in [1.807, 2.05) is 6.07 Å². The molecule has 0 radical (unpaired) electrons. The van der Waals surface area contributed by atoms with Crippen molar-refractivity contribution in [3.05, 3.63) is 93.5 Å². The van der Waals surface area contributed by atoms with Crippen LogP contribution in [-0.2, 0) is 13.0 Å². The molecule has 0 aromatic heterocycles. The van der Waals surface area contributed by atoms with E-state index in [2.05, 4.69) is 47.5 Å². The van der Waals surface area contributed by atoms with Crippen molar-refractivity contribution in [1.82, 2.24) is 10.2 Å². The number of benzene rings is 3. The van der Waals surface area contributed by atoms with Crippen LogP contribution in [0, 0.1) is 6.92 Å². The molecular formula is C27H29ClN2O3. The topological polar surface area (TPSA) is 50.8 Å². The van der Waals surface area contributed by atoms with E-state index in [9.17, 15) is 4.79 Å². The molecule has 0 unspecified atom stereocenters. The maximum atomic E-state index is 12.8. The van der Waals surface area contributed by atoms with Gasteiger partial charge in [0.25, 0.3) is 5.91 Å². The lowest BCUT2D eigenvalue weighted by atomic mass is 9.91. The van der Waals surface area contributed by atoms with Crippen LogP contribution in [0.2, 0.25) is 5.02 Å². The van der Waals surface area contributed by atoms with Gasteiger partial charge in [-0.05, 0) is 60.4 Å². The zero-order valence-corrected chi connectivity index (χ0v) is 20.0. The molecule has 3 aromatic rings. The quantitative estimate of drug-likeness (QED) is 0.522. The number of nitrogens with one attached hydrogen (secondary N) is 1. The second-order valence-electron chi connectivity index (χ2n) is 8.35. The summed E-state index contributed by atoms with van der Waals surface area (Å²) in [4.78, 5) is 15.3. The zero-order valence-electron chi connectivity index (χ0n) is 19.2. The van der Waals surface area contributed by atoms with Gasteiger partial charge in [-0.2, -0.15) is 0 Å². The number of carbonyl (C=O) groups excluding carboxylic acids is 1. The van der Waals surface area contributed by atoms with Crippen molar-refractivity contribution in [2.24, 2.45) is 0 Å². The van der Waals surface area contributed by atoms with Gasteiger partial charge in [-0.25, -0.2) is 0 Å². The first kappa shape index (κ1) is 23.1. The van der Waals surface area contributed by atoms with Gasteiger partial charge in [0.05, 0.1) is 20.3 Å². The Morgan fingerprint density at radius 3 is 2.48 bits per heavy atom. The number of amides is 1. The van der Waals surface area contributed by atoms with Gasteiger partial charge in [0.1, 0.15) is 0 Å². The van der Waals surface area contributed by atoms with Gasteiger partial charge in [-0.15, -0.1) is 0 Å². The summed E-state index contributed by atoms with van der Waals surface area (Å²) in [5.41, 5.74) is 5.41. The standard InChI is InChI=1S/C27H29ClN2O3/c1-18-7-9-19(10-8-18)17-30-12-11-20-14-25(32-2)26(33-3)15-23(20)24(30)16-29-27(31)21-5-4-6-22(28)13-21/h4-10,13-15,24H,11-12,16-17H2,1-3H3,(H,29,31)/t24-/m1/s1. The molecule has 1 aliphatic heterocycles. The summed E-state index contributed by atoms with van der Waals surface area (Å²) < 4.78 is 11.1. The summed E-state index contributed by atoms with van der Waals surface area (Å²) in [6.07, 6.45) is 0.903. The Labute approximate surface area is 200 Å². The van der Waals surface area contributed by atoms with Crippen molar-refractivity contribution < 1.29 is 14.3 Å². The number of hydrogen-bond acceptors (Lipinski definition) is 4. The summed E-state index contributed by atoms with van der Waals surface area (Å²) in [6.45, 7) is 4.24. The number of aryl methyl sites for hydroxylation is 1. The van der Waals surface area contributed by atoms with E-state index in [1.54, 1.807) is 38.5 Å². The Morgan fingerprint density at radius 2 is 1.79 bits per heavy atom. The highest BCUT2D eigenvalue weighted by molar-refractivity contribution is 6.30. The molecule has 0 bridgehead atoms. The zero-order chi connectivity index (χ0) is 23.4. The van der Waals surface area contributed by atoms with Crippen LogP contribution in [-0.4, -0.2) is 38.1 Å². The van der Waals surface area contributed by atoms with Crippen LogP contribution in [0.3, 0.4) is 0 Å². The number of halogens is 1. The third-order valence-electron chi connectivity index (χ3n) is 6.16. The highest BCUT2D eigenvalue weighted by Crippen LogP contribution is 2.38. The van der Waals surface area contributed by atoms with Crippen molar-refractivity contribution >= 4 is 17.5 Å². The number of methoxy groups -OCH3 is 2. The second-order valence-corrected chi connectivity index (χ2v) is 8.78. The molecule has 4 rings (SSSR count). The minimum atomic E-state index is -0.139. The maximum absolute atomic E-state index is 12.8. The Kier molecular flexibility index (Phi) is 7.21. The molecule has 1 heterocycles. The lowest BCUT2D eigenvalue weighted by molar-refractivity contribution is 0.0926. The van der Waals surface area contributed by atoms with Crippen LogP contribution < -0.4 is 14.8 Å². The number of hydrogen-bond donors (Lipinski definition) is 1. The van der Waals surface area contributed by atoms with Crippen molar-refractivity contribution in [1.29, 1.82) is 0 Å². The van der Waals surface area contributed by atoms with Crippen LogP contribution in [0.5, 0.6) is 11.5 Å². The molecule has 1 amide bonds. The molecular weight excluding hydrogens is 436 g/mol. The summed E-state index contributed by atoms with van der Waals surface area (Å²) in [6, 6.07) is 19.7. The van der Waals surface area contributed by atoms with Crippen molar-refractivity contribution in [3.8, 4) is 11.5 Å². The fraction of sp³-hybridized carbons (Fsp3) is 0.296. The lowest BCUT2D eigenvalue weighted by Gasteiger charge is -2.38. The van der Waals surface area contributed by atoms with E-state index >= 15 is 0 Å². The molecule has 0 spiro atoms. The third kappa shape index (κ3) is 5.32. The highest BCUT2D eigenvalue weighted by atomic mass is 35.5. The number of ether oxygens (including phenoxy) is 2. The molecule has 3 aromatic carbocycles. The average molecular weight is 465 g/mol. The summed E-state index contributed by atoms with van der Waals surface area (Å²) in [7, 11) is 3.30. The van der Waals surface area contributed by atoms with Crippen LogP contribution >= 0.6 is 11.6 Å². The molecule has 5 nitrogen and oxygen atoms in total. The predicted molar refractivity (Wildman–Crippen MR) is 131 cm³/mol. The molecule has 0 saturated carbocycles. The average Bonchev–Trinajstić information content (AvgIpc) is 2.83. The van der Waals surface area contributed by atoms with Crippen molar-refractivity contribution in [2.75, 3.05) is 27.3 Å². The third-order valence-corrected chi connectivity index (χ3v) is 6.40. The van der Waals surface area contributed by atoms with E-state index in [0.29, 0.717) is 22.9 Å². The molecule has 172 valence electrons. The van der Waals surface area contributed by atoms with E-state index < -0.39 is 0 Å². The summed E-state index contributed by atoms with van der Waals surface area (Å²) >= 11 is 6.08. The van der Waals surface area contributed by atoms with Crippen LogP contribution in [0.4, 0.5) is 0 Å². The minimum absolute atomic E-state index is 0.00186. The second kappa shape index (κ2) is 10.3. The smallest absolute Gasteiger partial charge is 0.251 e. The molecule has 6 heteroatoms. The molecule has 0 saturated heterocycles. The Morgan fingerprint density at radius 1 is 1.06 bits per heavy atom. The van der Waals surface area contributed by atoms with E-state index in [4.69, 9.17) is 21.1 Å². The molecule has 1 atom stereocenters. The number of rotatable bonds is 7. The number of fused-ring (bicyclic) bond motifs is 1. The van der Waals surface area contributed by atoms with E-state index in [0.717, 1.165) is 30.8 Å². The van der Waals surface area contributed by atoms with Gasteiger partial charge in [-0.3, -0.25) is 9.69 Å². The van der Waals surface area contributed by atoms with Gasteiger partial charge < -0.3 is 14.8 Å². The molecule has 33 heavy (non-hydrogen) atoms.